The van der Waals surface area contributed by atoms with E-state index in [1.54, 1.807) is 11.3 Å². The van der Waals surface area contributed by atoms with Crippen molar-refractivity contribution in [1.82, 2.24) is 0 Å². The van der Waals surface area contributed by atoms with Crippen molar-refractivity contribution in [1.29, 1.82) is 0 Å². The van der Waals surface area contributed by atoms with Crippen LogP contribution in [0.15, 0.2) is 35.7 Å². The number of halogens is 1. The third-order valence-electron chi connectivity index (χ3n) is 2.66. The first kappa shape index (κ1) is 13.8. The number of hydrogen-bond acceptors (Lipinski definition) is 3. The van der Waals surface area contributed by atoms with Gasteiger partial charge in [-0.05, 0) is 52.1 Å². The Morgan fingerprint density at radius 1 is 1.39 bits per heavy atom. The van der Waals surface area contributed by atoms with Crippen LogP contribution in [-0.4, -0.2) is 6.61 Å². The van der Waals surface area contributed by atoms with E-state index in [1.165, 1.54) is 2.88 Å². The summed E-state index contributed by atoms with van der Waals surface area (Å²) < 4.78 is 7.01. The summed E-state index contributed by atoms with van der Waals surface area (Å²) in [6.07, 6.45) is 1.000. The van der Waals surface area contributed by atoms with Crippen LogP contribution < -0.4 is 10.5 Å². The van der Waals surface area contributed by atoms with Crippen molar-refractivity contribution >= 4 is 33.9 Å². The Balaban J connectivity index is 2.26. The first-order chi connectivity index (χ1) is 8.72. The highest BCUT2D eigenvalue weighted by Crippen LogP contribution is 2.31. The molecule has 1 heterocycles. The van der Waals surface area contributed by atoms with Gasteiger partial charge in [-0.25, -0.2) is 0 Å². The van der Waals surface area contributed by atoms with Gasteiger partial charge >= 0.3 is 0 Å². The van der Waals surface area contributed by atoms with Gasteiger partial charge in [-0.1, -0.05) is 25.1 Å². The molecule has 1 atom stereocenters. The molecule has 18 heavy (non-hydrogen) atoms. The Morgan fingerprint density at radius 2 is 2.17 bits per heavy atom. The predicted octanol–water partition coefficient (Wildman–Crippen LogP) is 4.19. The van der Waals surface area contributed by atoms with Crippen LogP contribution in [0.2, 0.25) is 0 Å². The minimum Gasteiger partial charge on any atom is -0.493 e. The summed E-state index contributed by atoms with van der Waals surface area (Å²) in [6.45, 7) is 2.83. The topological polar surface area (TPSA) is 35.2 Å². The molecule has 0 aliphatic carbocycles. The summed E-state index contributed by atoms with van der Waals surface area (Å²) in [6, 6.07) is 10.0. The maximum Gasteiger partial charge on any atom is 0.124 e. The third-order valence-corrected chi connectivity index (χ3v) is 4.47. The van der Waals surface area contributed by atoms with Crippen molar-refractivity contribution in [3.8, 4) is 5.75 Å². The minimum absolute atomic E-state index is 0.113. The van der Waals surface area contributed by atoms with Crippen LogP contribution in [0.5, 0.6) is 5.75 Å². The molecule has 2 rings (SSSR count). The number of ether oxygens (including phenoxy) is 1. The molecule has 0 bridgehead atoms. The predicted molar refractivity (Wildman–Crippen MR) is 85.3 cm³/mol. The maximum atomic E-state index is 6.33. The van der Waals surface area contributed by atoms with E-state index in [9.17, 15) is 0 Å². The molecule has 0 spiro atoms. The smallest absolute Gasteiger partial charge is 0.124 e. The zero-order valence-corrected chi connectivity index (χ0v) is 13.2. The quantitative estimate of drug-likeness (QED) is 0.798. The summed E-state index contributed by atoms with van der Waals surface area (Å²) in [7, 11) is 0. The molecular formula is C14H16INOS. The van der Waals surface area contributed by atoms with Gasteiger partial charge in [0.25, 0.3) is 0 Å². The van der Waals surface area contributed by atoms with E-state index >= 15 is 0 Å². The molecule has 4 heteroatoms. The summed E-state index contributed by atoms with van der Waals surface area (Å²) >= 11 is 4.03. The van der Waals surface area contributed by atoms with Crippen LogP contribution in [0, 0.1) is 2.88 Å². The lowest BCUT2D eigenvalue weighted by Gasteiger charge is -2.16. The number of nitrogens with two attached hydrogens (primary N) is 1. The van der Waals surface area contributed by atoms with E-state index in [0.717, 1.165) is 29.9 Å². The third kappa shape index (κ3) is 3.24. The molecular weight excluding hydrogens is 357 g/mol. The van der Waals surface area contributed by atoms with E-state index in [2.05, 4.69) is 41.0 Å². The number of hydrogen-bond donors (Lipinski definition) is 1. The fourth-order valence-electron chi connectivity index (χ4n) is 1.75. The van der Waals surface area contributed by atoms with E-state index in [4.69, 9.17) is 10.5 Å². The lowest BCUT2D eigenvalue weighted by molar-refractivity contribution is 0.313. The van der Waals surface area contributed by atoms with Gasteiger partial charge in [0, 0.05) is 5.56 Å². The Bertz CT molecular complexity index is 512. The van der Waals surface area contributed by atoms with E-state index < -0.39 is 0 Å². The second-order valence-electron chi connectivity index (χ2n) is 4.05. The number of rotatable bonds is 5. The second-order valence-corrected chi connectivity index (χ2v) is 6.85. The molecule has 0 fully saturated rings. The average molecular weight is 373 g/mol. The summed E-state index contributed by atoms with van der Waals surface area (Å²) in [5.41, 5.74) is 8.53. The normalized spacial score (nSPS) is 12.4. The van der Waals surface area contributed by atoms with Gasteiger partial charge in [0.1, 0.15) is 5.75 Å². The van der Waals surface area contributed by atoms with Crippen molar-refractivity contribution in [3.63, 3.8) is 0 Å². The molecule has 96 valence electrons. The lowest BCUT2D eigenvalue weighted by atomic mass is 10.0. The molecule has 2 N–H and O–H groups in total. The molecule has 0 aliphatic heterocycles. The van der Waals surface area contributed by atoms with Crippen molar-refractivity contribution < 1.29 is 4.74 Å². The first-order valence-corrected chi connectivity index (χ1v) is 7.89. The van der Waals surface area contributed by atoms with Crippen molar-refractivity contribution in [2.24, 2.45) is 5.73 Å². The highest BCUT2D eigenvalue weighted by molar-refractivity contribution is 14.1. The maximum absolute atomic E-state index is 6.33. The zero-order chi connectivity index (χ0) is 13.0. The summed E-state index contributed by atoms with van der Waals surface area (Å²) in [5.74, 6) is 0.896. The molecule has 0 saturated carbocycles. The Labute approximate surface area is 125 Å². The van der Waals surface area contributed by atoms with E-state index in [1.807, 2.05) is 24.3 Å². The zero-order valence-electron chi connectivity index (χ0n) is 10.2. The number of thiophene rings is 1. The van der Waals surface area contributed by atoms with Gasteiger partial charge in [0.15, 0.2) is 0 Å². The highest BCUT2D eigenvalue weighted by Gasteiger charge is 2.15. The lowest BCUT2D eigenvalue weighted by Crippen LogP contribution is -2.13. The molecule has 2 nitrogen and oxygen atoms in total. The van der Waals surface area contributed by atoms with Crippen molar-refractivity contribution in [3.05, 3.63) is 49.7 Å². The van der Waals surface area contributed by atoms with Crippen molar-refractivity contribution in [2.45, 2.75) is 19.4 Å². The van der Waals surface area contributed by atoms with Crippen LogP contribution in [0.4, 0.5) is 0 Å². The largest absolute Gasteiger partial charge is 0.493 e. The number of para-hydroxylation sites is 1. The van der Waals surface area contributed by atoms with Crippen LogP contribution >= 0.6 is 33.9 Å². The van der Waals surface area contributed by atoms with Crippen LogP contribution in [0.1, 0.15) is 30.5 Å². The SMILES string of the molecule is CCCOc1ccccc1C(N)c1csc(I)c1. The molecule has 1 aromatic heterocycles. The monoisotopic (exact) mass is 373 g/mol. The molecule has 0 radical (unpaired) electrons. The fourth-order valence-corrected chi connectivity index (χ4v) is 3.16. The molecule has 1 aromatic carbocycles. The van der Waals surface area contributed by atoms with Gasteiger partial charge in [0.05, 0.1) is 15.5 Å². The fraction of sp³-hybridized carbons (Fsp3) is 0.286. The summed E-state index contributed by atoms with van der Waals surface area (Å²) in [4.78, 5) is 0. The van der Waals surface area contributed by atoms with Gasteiger partial charge in [0.2, 0.25) is 0 Å². The Hall–Kier alpha value is -0.590. The molecule has 0 saturated heterocycles. The second kappa shape index (κ2) is 6.54. The van der Waals surface area contributed by atoms with Crippen LogP contribution in [-0.2, 0) is 0 Å². The number of benzene rings is 1. The molecule has 0 aliphatic rings. The highest BCUT2D eigenvalue weighted by atomic mass is 127. The molecule has 0 amide bonds. The van der Waals surface area contributed by atoms with Gasteiger partial charge < -0.3 is 10.5 Å². The van der Waals surface area contributed by atoms with Crippen LogP contribution in [0.25, 0.3) is 0 Å². The minimum atomic E-state index is -0.113. The van der Waals surface area contributed by atoms with Gasteiger partial charge in [-0.3, -0.25) is 0 Å². The van der Waals surface area contributed by atoms with Gasteiger partial charge in [-0.2, -0.15) is 0 Å². The van der Waals surface area contributed by atoms with E-state index in [0.29, 0.717) is 0 Å². The first-order valence-electron chi connectivity index (χ1n) is 5.93. The van der Waals surface area contributed by atoms with Crippen molar-refractivity contribution in [2.75, 3.05) is 6.61 Å². The molecule has 1 unspecified atom stereocenters. The van der Waals surface area contributed by atoms with Gasteiger partial charge in [-0.15, -0.1) is 11.3 Å². The Kier molecular flexibility index (Phi) is 5.03. The average Bonchev–Trinajstić information content (AvgIpc) is 2.82. The molecule has 2 aromatic rings. The van der Waals surface area contributed by atoms with E-state index in [-0.39, 0.29) is 6.04 Å². The summed E-state index contributed by atoms with van der Waals surface area (Å²) in [5, 5.41) is 2.11. The Morgan fingerprint density at radius 3 is 2.83 bits per heavy atom. The standard InChI is InChI=1S/C14H16INOS/c1-2-7-17-12-6-4-3-5-11(12)14(16)10-8-13(15)18-9-10/h3-6,8-9,14H,2,7,16H2,1H3. The van der Waals surface area contributed by atoms with Crippen LogP contribution in [0.3, 0.4) is 0 Å².